The van der Waals surface area contributed by atoms with Crippen LogP contribution in [0.1, 0.15) is 12.5 Å². The average Bonchev–Trinajstić information content (AvgIpc) is 2.29. The van der Waals surface area contributed by atoms with Crippen LogP contribution in [0.25, 0.3) is 0 Å². The Bertz CT molecular complexity index is 355. The number of hydrogen-bond acceptors (Lipinski definition) is 2. The Hall–Kier alpha value is -0.410. The lowest BCUT2D eigenvalue weighted by Gasteiger charge is -2.15. The third-order valence-electron chi connectivity index (χ3n) is 2.40. The molecule has 0 aliphatic rings. The molecule has 0 N–H and O–H groups in total. The highest BCUT2D eigenvalue weighted by atomic mass is 79.9. The van der Waals surface area contributed by atoms with Gasteiger partial charge in [-0.15, -0.1) is 11.6 Å². The Morgan fingerprint density at radius 3 is 2.50 bits per heavy atom. The van der Waals surface area contributed by atoms with Crippen molar-refractivity contribution in [3.63, 3.8) is 0 Å². The third-order valence-corrected chi connectivity index (χ3v) is 3.68. The summed E-state index contributed by atoms with van der Waals surface area (Å²) in [5.41, 5.74) is 1.14. The lowest BCUT2D eigenvalue weighted by atomic mass is 10.0. The summed E-state index contributed by atoms with van der Waals surface area (Å²) in [6.07, 6.45) is 0.898. The fourth-order valence-electron chi connectivity index (χ4n) is 1.55. The molecule has 4 heteroatoms. The van der Waals surface area contributed by atoms with E-state index in [1.807, 2.05) is 12.1 Å². The van der Waals surface area contributed by atoms with Gasteiger partial charge in [0.15, 0.2) is 0 Å². The quantitative estimate of drug-likeness (QED) is 0.769. The first kappa shape index (κ1) is 13.7. The third kappa shape index (κ3) is 3.05. The second-order valence-electron chi connectivity index (χ2n) is 3.74. The Morgan fingerprint density at radius 2 is 2.00 bits per heavy atom. The number of rotatable bonds is 5. The monoisotopic (exact) mass is 306 g/mol. The summed E-state index contributed by atoms with van der Waals surface area (Å²) in [7, 11) is 3.30. The van der Waals surface area contributed by atoms with Crippen molar-refractivity contribution in [3.05, 3.63) is 22.2 Å². The van der Waals surface area contributed by atoms with Gasteiger partial charge in [-0.3, -0.25) is 0 Å². The van der Waals surface area contributed by atoms with E-state index in [0.29, 0.717) is 11.8 Å². The Labute approximate surface area is 110 Å². The average molecular weight is 308 g/mol. The summed E-state index contributed by atoms with van der Waals surface area (Å²) in [5.74, 6) is 2.68. The second kappa shape index (κ2) is 6.36. The summed E-state index contributed by atoms with van der Waals surface area (Å²) in [4.78, 5) is 0. The predicted molar refractivity (Wildman–Crippen MR) is 70.8 cm³/mol. The highest BCUT2D eigenvalue weighted by molar-refractivity contribution is 9.10. The van der Waals surface area contributed by atoms with Crippen molar-refractivity contribution in [1.29, 1.82) is 0 Å². The maximum atomic E-state index is 5.82. The number of ether oxygens (including phenoxy) is 2. The Morgan fingerprint density at radius 1 is 1.31 bits per heavy atom. The normalized spacial score (nSPS) is 12.3. The van der Waals surface area contributed by atoms with Gasteiger partial charge in [-0.1, -0.05) is 13.0 Å². The fraction of sp³-hybridized carbons (Fsp3) is 0.500. The molecule has 0 heterocycles. The van der Waals surface area contributed by atoms with Crippen molar-refractivity contribution < 1.29 is 9.47 Å². The zero-order chi connectivity index (χ0) is 12.1. The molecule has 2 nitrogen and oxygen atoms in total. The summed E-state index contributed by atoms with van der Waals surface area (Å²) >= 11 is 9.30. The predicted octanol–water partition coefficient (Wildman–Crippen LogP) is 3.88. The molecule has 1 atom stereocenters. The van der Waals surface area contributed by atoms with Crippen LogP contribution in [-0.4, -0.2) is 20.1 Å². The molecule has 1 aromatic rings. The van der Waals surface area contributed by atoms with Crippen LogP contribution >= 0.6 is 27.5 Å². The molecule has 0 aliphatic heterocycles. The number of alkyl halides is 1. The van der Waals surface area contributed by atoms with E-state index in [9.17, 15) is 0 Å². The van der Waals surface area contributed by atoms with Gasteiger partial charge in [-0.05, 0) is 39.9 Å². The maximum absolute atomic E-state index is 5.82. The van der Waals surface area contributed by atoms with Gasteiger partial charge < -0.3 is 9.47 Å². The van der Waals surface area contributed by atoms with Crippen LogP contribution in [0, 0.1) is 5.92 Å². The van der Waals surface area contributed by atoms with Gasteiger partial charge in [-0.25, -0.2) is 0 Å². The molecular formula is C12H16BrClO2. The largest absolute Gasteiger partial charge is 0.495 e. The summed E-state index contributed by atoms with van der Waals surface area (Å²) in [5, 5.41) is 0. The molecule has 0 radical (unpaired) electrons. The fourth-order valence-corrected chi connectivity index (χ4v) is 2.37. The van der Waals surface area contributed by atoms with Gasteiger partial charge in [0.25, 0.3) is 0 Å². The highest BCUT2D eigenvalue weighted by Gasteiger charge is 2.14. The Balaban J connectivity index is 3.05. The molecule has 0 aromatic heterocycles. The Kier molecular flexibility index (Phi) is 5.42. The smallest absolute Gasteiger partial charge is 0.140 e. The molecule has 0 saturated carbocycles. The van der Waals surface area contributed by atoms with E-state index in [2.05, 4.69) is 22.9 Å². The topological polar surface area (TPSA) is 18.5 Å². The first-order valence-electron chi connectivity index (χ1n) is 5.09. The van der Waals surface area contributed by atoms with Crippen LogP contribution in [-0.2, 0) is 6.42 Å². The van der Waals surface area contributed by atoms with Crippen LogP contribution < -0.4 is 9.47 Å². The molecule has 0 fully saturated rings. The lowest BCUT2D eigenvalue weighted by Crippen LogP contribution is -2.03. The summed E-state index contributed by atoms with van der Waals surface area (Å²) in [6.45, 7) is 2.12. The minimum Gasteiger partial charge on any atom is -0.495 e. The van der Waals surface area contributed by atoms with Crippen LogP contribution in [0.2, 0.25) is 0 Å². The summed E-state index contributed by atoms with van der Waals surface area (Å²) < 4.78 is 11.5. The van der Waals surface area contributed by atoms with Gasteiger partial charge >= 0.3 is 0 Å². The van der Waals surface area contributed by atoms with Crippen LogP contribution in [0.4, 0.5) is 0 Å². The van der Waals surface area contributed by atoms with E-state index in [-0.39, 0.29) is 0 Å². The maximum Gasteiger partial charge on any atom is 0.140 e. The molecule has 90 valence electrons. The van der Waals surface area contributed by atoms with Crippen LogP contribution in [0.3, 0.4) is 0 Å². The van der Waals surface area contributed by atoms with E-state index in [4.69, 9.17) is 21.1 Å². The molecule has 1 rings (SSSR count). The number of benzene rings is 1. The highest BCUT2D eigenvalue weighted by Crippen LogP contribution is 2.38. The van der Waals surface area contributed by atoms with Crippen molar-refractivity contribution in [3.8, 4) is 11.5 Å². The van der Waals surface area contributed by atoms with Crippen molar-refractivity contribution >= 4 is 27.5 Å². The van der Waals surface area contributed by atoms with Crippen molar-refractivity contribution in [1.82, 2.24) is 0 Å². The zero-order valence-electron chi connectivity index (χ0n) is 9.72. The van der Waals surface area contributed by atoms with Crippen molar-refractivity contribution in [2.45, 2.75) is 13.3 Å². The standard InChI is InChI=1S/C12H16BrClO2/c1-8(7-14)6-9-4-5-10(15-2)11(13)12(9)16-3/h4-5,8H,6-7H2,1-3H3. The lowest BCUT2D eigenvalue weighted by molar-refractivity contribution is 0.384. The number of halogens is 2. The molecule has 1 unspecified atom stereocenters. The van der Waals surface area contributed by atoms with E-state index < -0.39 is 0 Å². The summed E-state index contributed by atoms with van der Waals surface area (Å²) in [6, 6.07) is 3.95. The first-order valence-corrected chi connectivity index (χ1v) is 6.42. The SMILES string of the molecule is COc1ccc(CC(C)CCl)c(OC)c1Br. The van der Waals surface area contributed by atoms with E-state index in [0.717, 1.165) is 28.0 Å². The number of hydrogen-bond donors (Lipinski definition) is 0. The van der Waals surface area contributed by atoms with Crippen molar-refractivity contribution in [2.75, 3.05) is 20.1 Å². The van der Waals surface area contributed by atoms with E-state index >= 15 is 0 Å². The zero-order valence-corrected chi connectivity index (χ0v) is 12.1. The molecule has 0 aliphatic carbocycles. The van der Waals surface area contributed by atoms with E-state index in [1.54, 1.807) is 14.2 Å². The molecule has 0 bridgehead atoms. The van der Waals surface area contributed by atoms with Gasteiger partial charge in [0, 0.05) is 5.88 Å². The molecule has 16 heavy (non-hydrogen) atoms. The second-order valence-corrected chi connectivity index (χ2v) is 4.84. The van der Waals surface area contributed by atoms with E-state index in [1.165, 1.54) is 0 Å². The molecule has 0 amide bonds. The minimum absolute atomic E-state index is 0.427. The molecule has 0 saturated heterocycles. The van der Waals surface area contributed by atoms with Gasteiger partial charge in [0.1, 0.15) is 16.0 Å². The first-order chi connectivity index (χ1) is 7.63. The molecule has 0 spiro atoms. The van der Waals surface area contributed by atoms with Crippen molar-refractivity contribution in [2.24, 2.45) is 5.92 Å². The van der Waals surface area contributed by atoms with Crippen LogP contribution in [0.15, 0.2) is 16.6 Å². The van der Waals surface area contributed by atoms with Gasteiger partial charge in [0.2, 0.25) is 0 Å². The van der Waals surface area contributed by atoms with Gasteiger partial charge in [0.05, 0.1) is 14.2 Å². The van der Waals surface area contributed by atoms with Gasteiger partial charge in [-0.2, -0.15) is 0 Å². The van der Waals surface area contributed by atoms with Crippen LogP contribution in [0.5, 0.6) is 11.5 Å². The number of methoxy groups -OCH3 is 2. The minimum atomic E-state index is 0.427. The molecular weight excluding hydrogens is 291 g/mol. The molecule has 1 aromatic carbocycles.